The van der Waals surface area contributed by atoms with Crippen LogP contribution in [0.15, 0.2) is 35.7 Å². The number of aryl methyl sites for hydroxylation is 2. The molecule has 1 aliphatic heterocycles. The molecule has 3 rings (SSSR count). The molecule has 120 valence electrons. The minimum atomic E-state index is -0.102. The van der Waals surface area contributed by atoms with Gasteiger partial charge in [-0.2, -0.15) is 0 Å². The predicted octanol–water partition coefficient (Wildman–Crippen LogP) is 2.08. The quantitative estimate of drug-likeness (QED) is 0.934. The average Bonchev–Trinajstić information content (AvgIpc) is 2.99. The Labute approximate surface area is 139 Å². The van der Waals surface area contributed by atoms with E-state index in [9.17, 15) is 9.59 Å². The molecular weight excluding hydrogens is 310 g/mol. The lowest BCUT2D eigenvalue weighted by Crippen LogP contribution is -2.51. The standard InChI is InChI=1S/C17H19N3O2S/c1-12-19-14(11-23-12)7-8-17(22)20-10-16(21)18-9-15(20)13-5-3-2-4-6-13/h2-6,11,15H,7-10H2,1H3,(H,18,21). The van der Waals surface area contributed by atoms with E-state index in [0.29, 0.717) is 19.4 Å². The fraction of sp³-hybridized carbons (Fsp3) is 0.353. The highest BCUT2D eigenvalue weighted by atomic mass is 32.1. The van der Waals surface area contributed by atoms with Crippen molar-refractivity contribution in [2.45, 2.75) is 25.8 Å². The van der Waals surface area contributed by atoms with Crippen LogP contribution in [0, 0.1) is 6.92 Å². The van der Waals surface area contributed by atoms with Crippen LogP contribution in [0.3, 0.4) is 0 Å². The van der Waals surface area contributed by atoms with Crippen molar-refractivity contribution in [2.24, 2.45) is 0 Å². The van der Waals surface area contributed by atoms with Crippen LogP contribution in [0.1, 0.15) is 28.7 Å². The third-order valence-corrected chi connectivity index (χ3v) is 4.77. The smallest absolute Gasteiger partial charge is 0.239 e. The van der Waals surface area contributed by atoms with E-state index in [0.717, 1.165) is 16.3 Å². The lowest BCUT2D eigenvalue weighted by Gasteiger charge is -2.36. The van der Waals surface area contributed by atoms with Crippen molar-refractivity contribution in [1.29, 1.82) is 0 Å². The fourth-order valence-corrected chi connectivity index (χ4v) is 3.43. The molecule has 0 bridgehead atoms. The molecule has 6 heteroatoms. The first-order chi connectivity index (χ1) is 11.1. The summed E-state index contributed by atoms with van der Waals surface area (Å²) in [6.45, 7) is 2.54. The van der Waals surface area contributed by atoms with Crippen molar-refractivity contribution >= 4 is 23.2 Å². The first-order valence-corrected chi connectivity index (χ1v) is 8.53. The van der Waals surface area contributed by atoms with Gasteiger partial charge in [0.2, 0.25) is 11.8 Å². The summed E-state index contributed by atoms with van der Waals surface area (Å²) in [5, 5.41) is 5.84. The van der Waals surface area contributed by atoms with Gasteiger partial charge >= 0.3 is 0 Å². The fourth-order valence-electron chi connectivity index (χ4n) is 2.78. The number of carbonyl (C=O) groups is 2. The zero-order chi connectivity index (χ0) is 16.2. The molecule has 0 aliphatic carbocycles. The number of hydrogen-bond acceptors (Lipinski definition) is 4. The minimum absolute atomic E-state index is 0.000596. The molecule has 1 unspecified atom stereocenters. The number of nitrogens with zero attached hydrogens (tertiary/aromatic N) is 2. The first-order valence-electron chi connectivity index (χ1n) is 7.65. The summed E-state index contributed by atoms with van der Waals surface area (Å²) in [5.41, 5.74) is 1.99. The molecule has 2 aromatic rings. The topological polar surface area (TPSA) is 62.3 Å². The molecule has 1 aromatic heterocycles. The van der Waals surface area contributed by atoms with Gasteiger partial charge in [-0.3, -0.25) is 9.59 Å². The Kier molecular flexibility index (Phi) is 4.71. The second-order valence-corrected chi connectivity index (χ2v) is 6.67. The number of nitrogens with one attached hydrogen (secondary N) is 1. The van der Waals surface area contributed by atoms with Crippen molar-refractivity contribution < 1.29 is 9.59 Å². The van der Waals surface area contributed by atoms with Gasteiger partial charge in [0.25, 0.3) is 0 Å². The van der Waals surface area contributed by atoms with E-state index in [-0.39, 0.29) is 24.4 Å². The Morgan fingerprint density at radius 2 is 2.17 bits per heavy atom. The van der Waals surface area contributed by atoms with E-state index in [1.54, 1.807) is 16.2 Å². The van der Waals surface area contributed by atoms with E-state index in [2.05, 4.69) is 10.3 Å². The molecule has 0 saturated carbocycles. The Hall–Kier alpha value is -2.21. The predicted molar refractivity (Wildman–Crippen MR) is 89.1 cm³/mol. The molecule has 1 aliphatic rings. The molecule has 2 heterocycles. The van der Waals surface area contributed by atoms with E-state index in [1.807, 2.05) is 42.6 Å². The van der Waals surface area contributed by atoms with Crippen molar-refractivity contribution in [1.82, 2.24) is 15.2 Å². The largest absolute Gasteiger partial charge is 0.352 e. The number of rotatable bonds is 4. The number of hydrogen-bond donors (Lipinski definition) is 1. The van der Waals surface area contributed by atoms with Gasteiger partial charge in [0.1, 0.15) is 6.54 Å². The molecule has 1 fully saturated rings. The number of aromatic nitrogens is 1. The summed E-state index contributed by atoms with van der Waals surface area (Å²) in [5.74, 6) is -0.102. The molecule has 1 N–H and O–H groups in total. The second kappa shape index (κ2) is 6.91. The highest BCUT2D eigenvalue weighted by Crippen LogP contribution is 2.23. The molecule has 0 spiro atoms. The third-order valence-electron chi connectivity index (χ3n) is 3.95. The SMILES string of the molecule is Cc1nc(CCC(=O)N2CC(=O)NCC2c2ccccc2)cs1. The van der Waals surface area contributed by atoms with Crippen molar-refractivity contribution in [3.05, 3.63) is 52.0 Å². The molecule has 1 atom stereocenters. The lowest BCUT2D eigenvalue weighted by molar-refractivity contribution is -0.141. The highest BCUT2D eigenvalue weighted by Gasteiger charge is 2.31. The Balaban J connectivity index is 1.71. The number of piperazine rings is 1. The molecule has 1 saturated heterocycles. The van der Waals surface area contributed by atoms with Crippen molar-refractivity contribution in [2.75, 3.05) is 13.1 Å². The normalized spacial score (nSPS) is 17.9. The number of amides is 2. The Morgan fingerprint density at radius 1 is 1.39 bits per heavy atom. The van der Waals surface area contributed by atoms with Gasteiger partial charge in [-0.05, 0) is 18.9 Å². The zero-order valence-corrected chi connectivity index (χ0v) is 13.8. The van der Waals surface area contributed by atoms with E-state index >= 15 is 0 Å². The van der Waals surface area contributed by atoms with Gasteiger partial charge in [0.05, 0.1) is 16.7 Å². The summed E-state index contributed by atoms with van der Waals surface area (Å²) in [4.78, 5) is 30.4. The van der Waals surface area contributed by atoms with Crippen LogP contribution in [0.5, 0.6) is 0 Å². The maximum Gasteiger partial charge on any atom is 0.239 e. The summed E-state index contributed by atoms with van der Waals surface area (Å²) >= 11 is 1.59. The average molecular weight is 329 g/mol. The number of thiazole rings is 1. The summed E-state index contributed by atoms with van der Waals surface area (Å²) in [6, 6.07) is 9.73. The molecule has 0 radical (unpaired) electrons. The van der Waals surface area contributed by atoms with Gasteiger partial charge < -0.3 is 10.2 Å². The molecule has 23 heavy (non-hydrogen) atoms. The van der Waals surface area contributed by atoms with Gasteiger partial charge in [0.15, 0.2) is 0 Å². The molecule has 1 aromatic carbocycles. The molecule has 2 amide bonds. The highest BCUT2D eigenvalue weighted by molar-refractivity contribution is 7.09. The first kappa shape index (κ1) is 15.7. The van der Waals surface area contributed by atoms with Crippen LogP contribution >= 0.6 is 11.3 Å². The van der Waals surface area contributed by atoms with Crippen LogP contribution in [0.25, 0.3) is 0 Å². The lowest BCUT2D eigenvalue weighted by atomic mass is 10.0. The number of benzene rings is 1. The van der Waals surface area contributed by atoms with Gasteiger partial charge in [-0.25, -0.2) is 4.98 Å². The van der Waals surface area contributed by atoms with Gasteiger partial charge in [-0.1, -0.05) is 30.3 Å². The van der Waals surface area contributed by atoms with E-state index in [4.69, 9.17) is 0 Å². The summed E-state index contributed by atoms with van der Waals surface area (Å²) in [6.07, 6.45) is 0.989. The van der Waals surface area contributed by atoms with Gasteiger partial charge in [-0.15, -0.1) is 11.3 Å². The second-order valence-electron chi connectivity index (χ2n) is 5.61. The van der Waals surface area contributed by atoms with Crippen molar-refractivity contribution in [3.8, 4) is 0 Å². The monoisotopic (exact) mass is 329 g/mol. The van der Waals surface area contributed by atoms with Crippen LogP contribution in [-0.4, -0.2) is 34.8 Å². The number of carbonyl (C=O) groups excluding carboxylic acids is 2. The van der Waals surface area contributed by atoms with Crippen LogP contribution < -0.4 is 5.32 Å². The Bertz CT molecular complexity index is 699. The maximum absolute atomic E-state index is 12.6. The van der Waals surface area contributed by atoms with Crippen LogP contribution in [0.2, 0.25) is 0 Å². The van der Waals surface area contributed by atoms with Crippen molar-refractivity contribution in [3.63, 3.8) is 0 Å². The van der Waals surface area contributed by atoms with Gasteiger partial charge in [0, 0.05) is 18.3 Å². The Morgan fingerprint density at radius 3 is 2.87 bits per heavy atom. The minimum Gasteiger partial charge on any atom is -0.352 e. The third kappa shape index (κ3) is 3.76. The summed E-state index contributed by atoms with van der Waals surface area (Å²) in [7, 11) is 0. The van der Waals surface area contributed by atoms with E-state index < -0.39 is 0 Å². The summed E-state index contributed by atoms with van der Waals surface area (Å²) < 4.78 is 0. The maximum atomic E-state index is 12.6. The van der Waals surface area contributed by atoms with Crippen LogP contribution in [-0.2, 0) is 16.0 Å². The zero-order valence-electron chi connectivity index (χ0n) is 13.0. The molecular formula is C17H19N3O2S. The van der Waals surface area contributed by atoms with Crippen LogP contribution in [0.4, 0.5) is 0 Å². The van der Waals surface area contributed by atoms with E-state index in [1.165, 1.54) is 0 Å². The molecule has 5 nitrogen and oxygen atoms in total.